The molecule has 0 bridgehead atoms. The highest BCUT2D eigenvalue weighted by Crippen LogP contribution is 2.22. The Morgan fingerprint density at radius 3 is 2.89 bits per heavy atom. The summed E-state index contributed by atoms with van der Waals surface area (Å²) in [6, 6.07) is 7.72. The number of ether oxygens (including phenoxy) is 2. The van der Waals surface area contributed by atoms with Crippen LogP contribution in [0.2, 0.25) is 0 Å². The second kappa shape index (κ2) is 7.48. The highest BCUT2D eigenvalue weighted by atomic mass is 16.5. The predicted octanol–water partition coefficient (Wildman–Crippen LogP) is 1.87. The minimum Gasteiger partial charge on any atom is -0.493 e. The lowest BCUT2D eigenvalue weighted by molar-refractivity contribution is 0.0497. The van der Waals surface area contributed by atoms with Crippen molar-refractivity contribution in [3.8, 4) is 5.75 Å². The summed E-state index contributed by atoms with van der Waals surface area (Å²) < 4.78 is 11.2. The number of aliphatic hydroxyl groups excluding tert-OH is 1. The largest absolute Gasteiger partial charge is 0.493 e. The Labute approximate surface area is 114 Å². The molecule has 1 heterocycles. The van der Waals surface area contributed by atoms with Gasteiger partial charge in [-0.15, -0.1) is 0 Å². The van der Waals surface area contributed by atoms with E-state index in [2.05, 4.69) is 0 Å². The minimum absolute atomic E-state index is 0.105. The Morgan fingerprint density at radius 1 is 1.37 bits per heavy atom. The van der Waals surface area contributed by atoms with Gasteiger partial charge in [-0.2, -0.15) is 0 Å². The molecule has 0 aromatic heterocycles. The standard InChI is InChI=1S/C15H23NO3/c16-15(4-7-17)13-2-1-3-14(10-13)19-11-12-5-8-18-9-6-12/h1-3,10,12,15,17H,4-9,11,16H2. The lowest BCUT2D eigenvalue weighted by Crippen LogP contribution is -2.21. The lowest BCUT2D eigenvalue weighted by atomic mass is 10.0. The minimum atomic E-state index is -0.128. The van der Waals surface area contributed by atoms with Gasteiger partial charge in [-0.3, -0.25) is 0 Å². The van der Waals surface area contributed by atoms with Gasteiger partial charge in [0.25, 0.3) is 0 Å². The summed E-state index contributed by atoms with van der Waals surface area (Å²) in [6.45, 7) is 2.53. The quantitative estimate of drug-likeness (QED) is 0.824. The molecule has 1 unspecified atom stereocenters. The Hall–Kier alpha value is -1.10. The van der Waals surface area contributed by atoms with Gasteiger partial charge in [0.05, 0.1) is 6.61 Å². The van der Waals surface area contributed by atoms with E-state index in [1.807, 2.05) is 24.3 Å². The van der Waals surface area contributed by atoms with Crippen molar-refractivity contribution in [1.82, 2.24) is 0 Å². The molecule has 1 saturated heterocycles. The third-order valence-electron chi connectivity index (χ3n) is 3.55. The van der Waals surface area contributed by atoms with Crippen molar-refractivity contribution in [3.05, 3.63) is 29.8 Å². The van der Waals surface area contributed by atoms with Crippen LogP contribution in [-0.4, -0.2) is 31.5 Å². The van der Waals surface area contributed by atoms with Crippen LogP contribution in [0.5, 0.6) is 5.75 Å². The molecule has 0 amide bonds. The van der Waals surface area contributed by atoms with Gasteiger partial charge in [0.15, 0.2) is 0 Å². The highest BCUT2D eigenvalue weighted by Gasteiger charge is 2.14. The van der Waals surface area contributed by atoms with Gasteiger partial charge in [0.2, 0.25) is 0 Å². The Kier molecular flexibility index (Phi) is 5.63. The molecule has 1 aliphatic heterocycles. The number of hydrogen-bond acceptors (Lipinski definition) is 4. The molecular formula is C15H23NO3. The molecule has 19 heavy (non-hydrogen) atoms. The summed E-state index contributed by atoms with van der Waals surface area (Å²) in [6.07, 6.45) is 2.72. The number of benzene rings is 1. The molecule has 0 radical (unpaired) electrons. The summed E-state index contributed by atoms with van der Waals surface area (Å²) in [4.78, 5) is 0. The Bertz CT molecular complexity index is 377. The van der Waals surface area contributed by atoms with Gasteiger partial charge < -0.3 is 20.3 Å². The molecule has 2 rings (SSSR count). The van der Waals surface area contributed by atoms with Crippen LogP contribution in [0, 0.1) is 5.92 Å². The summed E-state index contributed by atoms with van der Waals surface area (Å²) >= 11 is 0. The molecule has 4 heteroatoms. The molecule has 4 nitrogen and oxygen atoms in total. The first-order valence-corrected chi connectivity index (χ1v) is 6.96. The molecular weight excluding hydrogens is 242 g/mol. The van der Waals surface area contributed by atoms with E-state index in [0.717, 1.165) is 44.0 Å². The van der Waals surface area contributed by atoms with Crippen LogP contribution in [0.1, 0.15) is 30.9 Å². The molecule has 106 valence electrons. The average molecular weight is 265 g/mol. The zero-order valence-electron chi connectivity index (χ0n) is 11.3. The van der Waals surface area contributed by atoms with E-state index in [1.54, 1.807) is 0 Å². The van der Waals surface area contributed by atoms with Crippen molar-refractivity contribution >= 4 is 0 Å². The second-order valence-electron chi connectivity index (χ2n) is 5.06. The van der Waals surface area contributed by atoms with Crippen LogP contribution in [0.15, 0.2) is 24.3 Å². The van der Waals surface area contributed by atoms with Crippen molar-refractivity contribution in [1.29, 1.82) is 0 Å². The fourth-order valence-corrected chi connectivity index (χ4v) is 2.27. The maximum absolute atomic E-state index is 8.92. The number of nitrogens with two attached hydrogens (primary N) is 1. The fourth-order valence-electron chi connectivity index (χ4n) is 2.27. The zero-order valence-corrected chi connectivity index (χ0v) is 11.3. The van der Waals surface area contributed by atoms with Crippen LogP contribution in [0.4, 0.5) is 0 Å². The van der Waals surface area contributed by atoms with Gasteiger partial charge >= 0.3 is 0 Å². The summed E-state index contributed by atoms with van der Waals surface area (Å²) in [5, 5.41) is 8.92. The maximum atomic E-state index is 8.92. The van der Waals surface area contributed by atoms with Gasteiger partial charge in [0.1, 0.15) is 5.75 Å². The van der Waals surface area contributed by atoms with Crippen LogP contribution < -0.4 is 10.5 Å². The van der Waals surface area contributed by atoms with E-state index in [4.69, 9.17) is 20.3 Å². The zero-order chi connectivity index (χ0) is 13.5. The number of hydrogen-bond donors (Lipinski definition) is 2. The Morgan fingerprint density at radius 2 is 2.16 bits per heavy atom. The second-order valence-corrected chi connectivity index (χ2v) is 5.06. The topological polar surface area (TPSA) is 64.7 Å². The molecule has 1 aliphatic rings. The average Bonchev–Trinajstić information content (AvgIpc) is 2.47. The molecule has 0 aliphatic carbocycles. The third kappa shape index (κ3) is 4.49. The van der Waals surface area contributed by atoms with Crippen molar-refractivity contribution < 1.29 is 14.6 Å². The maximum Gasteiger partial charge on any atom is 0.119 e. The van der Waals surface area contributed by atoms with E-state index in [0.29, 0.717) is 12.3 Å². The molecule has 1 atom stereocenters. The molecule has 0 saturated carbocycles. The molecule has 0 spiro atoms. The lowest BCUT2D eigenvalue weighted by Gasteiger charge is -2.22. The normalized spacial score (nSPS) is 18.2. The summed E-state index contributed by atoms with van der Waals surface area (Å²) in [5.74, 6) is 1.45. The van der Waals surface area contributed by atoms with Crippen LogP contribution in [-0.2, 0) is 4.74 Å². The number of rotatable bonds is 6. The number of aliphatic hydroxyl groups is 1. The van der Waals surface area contributed by atoms with Crippen LogP contribution >= 0.6 is 0 Å². The smallest absolute Gasteiger partial charge is 0.119 e. The van der Waals surface area contributed by atoms with E-state index in [1.165, 1.54) is 0 Å². The van der Waals surface area contributed by atoms with Crippen LogP contribution in [0.25, 0.3) is 0 Å². The summed E-state index contributed by atoms with van der Waals surface area (Å²) in [5.41, 5.74) is 6.99. The molecule has 1 fully saturated rings. The van der Waals surface area contributed by atoms with E-state index in [9.17, 15) is 0 Å². The van der Waals surface area contributed by atoms with E-state index in [-0.39, 0.29) is 12.6 Å². The first kappa shape index (κ1) is 14.3. The van der Waals surface area contributed by atoms with Crippen molar-refractivity contribution in [2.75, 3.05) is 26.4 Å². The first-order valence-electron chi connectivity index (χ1n) is 6.96. The molecule has 3 N–H and O–H groups in total. The van der Waals surface area contributed by atoms with Gasteiger partial charge in [-0.1, -0.05) is 12.1 Å². The van der Waals surface area contributed by atoms with Crippen molar-refractivity contribution in [2.45, 2.75) is 25.3 Å². The monoisotopic (exact) mass is 265 g/mol. The Balaban J connectivity index is 1.87. The van der Waals surface area contributed by atoms with Crippen molar-refractivity contribution in [2.24, 2.45) is 11.7 Å². The van der Waals surface area contributed by atoms with Gasteiger partial charge in [0, 0.05) is 25.9 Å². The van der Waals surface area contributed by atoms with Gasteiger partial charge in [-0.25, -0.2) is 0 Å². The fraction of sp³-hybridized carbons (Fsp3) is 0.600. The van der Waals surface area contributed by atoms with E-state index >= 15 is 0 Å². The SMILES string of the molecule is NC(CCO)c1cccc(OCC2CCOCC2)c1. The van der Waals surface area contributed by atoms with Gasteiger partial charge in [-0.05, 0) is 42.9 Å². The van der Waals surface area contributed by atoms with Crippen LogP contribution in [0.3, 0.4) is 0 Å². The summed E-state index contributed by atoms with van der Waals surface area (Å²) in [7, 11) is 0. The molecule has 1 aromatic carbocycles. The highest BCUT2D eigenvalue weighted by molar-refractivity contribution is 5.30. The first-order chi connectivity index (χ1) is 9.29. The predicted molar refractivity (Wildman–Crippen MR) is 74.1 cm³/mol. The van der Waals surface area contributed by atoms with Crippen molar-refractivity contribution in [3.63, 3.8) is 0 Å². The van der Waals surface area contributed by atoms with E-state index < -0.39 is 0 Å². The molecule has 1 aromatic rings. The third-order valence-corrected chi connectivity index (χ3v) is 3.55.